The molecule has 1 aromatic carbocycles. The van der Waals surface area contributed by atoms with Gasteiger partial charge in [0.1, 0.15) is 5.75 Å². The lowest BCUT2D eigenvalue weighted by molar-refractivity contribution is -0.158. The van der Waals surface area contributed by atoms with Crippen LogP contribution in [0.3, 0.4) is 0 Å². The zero-order chi connectivity index (χ0) is 9.19. The standard InChI is InChI=1S/C8H9F2NO/c1-8(9,10)12-7-4-2-6(11)3-5-7/h2-5H,11H2,1H3. The molecule has 0 aliphatic heterocycles. The summed E-state index contributed by atoms with van der Waals surface area (Å²) in [4.78, 5) is 0. The molecule has 0 bridgehead atoms. The zero-order valence-corrected chi connectivity index (χ0v) is 6.55. The normalized spacial score (nSPS) is 11.2. The van der Waals surface area contributed by atoms with Gasteiger partial charge in [-0.3, -0.25) is 0 Å². The van der Waals surface area contributed by atoms with E-state index in [1.54, 1.807) is 0 Å². The zero-order valence-electron chi connectivity index (χ0n) is 6.55. The largest absolute Gasteiger partial charge is 0.433 e. The van der Waals surface area contributed by atoms with Gasteiger partial charge >= 0.3 is 6.11 Å². The molecule has 0 saturated heterocycles. The average Bonchev–Trinajstić information content (AvgIpc) is 1.91. The molecule has 4 heteroatoms. The van der Waals surface area contributed by atoms with Crippen molar-refractivity contribution in [2.24, 2.45) is 0 Å². The van der Waals surface area contributed by atoms with Gasteiger partial charge < -0.3 is 10.5 Å². The average molecular weight is 173 g/mol. The molecule has 0 aliphatic rings. The summed E-state index contributed by atoms with van der Waals surface area (Å²) in [6.45, 7) is 0.684. The van der Waals surface area contributed by atoms with Gasteiger partial charge in [0.05, 0.1) is 0 Å². The Labute approximate surface area is 68.9 Å². The fourth-order valence-corrected chi connectivity index (χ4v) is 0.743. The summed E-state index contributed by atoms with van der Waals surface area (Å²) in [6, 6.07) is 5.79. The van der Waals surface area contributed by atoms with E-state index in [4.69, 9.17) is 5.73 Å². The Bertz CT molecular complexity index is 253. The van der Waals surface area contributed by atoms with Crippen molar-refractivity contribution in [3.8, 4) is 5.75 Å². The van der Waals surface area contributed by atoms with Gasteiger partial charge in [0, 0.05) is 12.6 Å². The molecule has 0 saturated carbocycles. The lowest BCUT2D eigenvalue weighted by atomic mass is 10.3. The summed E-state index contributed by atoms with van der Waals surface area (Å²) in [7, 11) is 0. The van der Waals surface area contributed by atoms with E-state index < -0.39 is 6.11 Å². The second-order valence-electron chi connectivity index (χ2n) is 2.48. The number of hydrogen-bond donors (Lipinski definition) is 1. The van der Waals surface area contributed by atoms with Gasteiger partial charge in [-0.1, -0.05) is 0 Å². The van der Waals surface area contributed by atoms with Gasteiger partial charge in [-0.05, 0) is 24.3 Å². The molecule has 0 amide bonds. The van der Waals surface area contributed by atoms with Crippen molar-refractivity contribution in [2.75, 3.05) is 5.73 Å². The minimum Gasteiger partial charge on any atom is -0.433 e. The molecule has 0 radical (unpaired) electrons. The molecule has 0 fully saturated rings. The molecular weight excluding hydrogens is 164 g/mol. The van der Waals surface area contributed by atoms with Crippen LogP contribution in [0.5, 0.6) is 5.75 Å². The SMILES string of the molecule is CC(F)(F)Oc1ccc(N)cc1. The van der Waals surface area contributed by atoms with Gasteiger partial charge in [0.25, 0.3) is 0 Å². The number of ether oxygens (including phenoxy) is 1. The van der Waals surface area contributed by atoms with Crippen molar-refractivity contribution in [3.05, 3.63) is 24.3 Å². The van der Waals surface area contributed by atoms with Crippen molar-refractivity contribution < 1.29 is 13.5 Å². The number of nitrogens with two attached hydrogens (primary N) is 1. The maximum atomic E-state index is 12.3. The van der Waals surface area contributed by atoms with Crippen LogP contribution in [0, 0.1) is 0 Å². The van der Waals surface area contributed by atoms with E-state index in [0.29, 0.717) is 12.6 Å². The molecule has 0 spiro atoms. The summed E-state index contributed by atoms with van der Waals surface area (Å²) < 4.78 is 28.8. The van der Waals surface area contributed by atoms with Crippen LogP contribution < -0.4 is 10.5 Å². The first kappa shape index (κ1) is 8.77. The van der Waals surface area contributed by atoms with Crippen molar-refractivity contribution >= 4 is 5.69 Å². The van der Waals surface area contributed by atoms with Crippen LogP contribution in [0.4, 0.5) is 14.5 Å². The number of hydrogen-bond acceptors (Lipinski definition) is 2. The van der Waals surface area contributed by atoms with E-state index in [0.717, 1.165) is 0 Å². The lowest BCUT2D eigenvalue weighted by Crippen LogP contribution is -2.18. The summed E-state index contributed by atoms with van der Waals surface area (Å²) >= 11 is 0. The molecule has 0 aromatic heterocycles. The van der Waals surface area contributed by atoms with Crippen molar-refractivity contribution in [1.82, 2.24) is 0 Å². The molecule has 12 heavy (non-hydrogen) atoms. The van der Waals surface area contributed by atoms with Crippen molar-refractivity contribution in [1.29, 1.82) is 0 Å². The number of nitrogen functional groups attached to an aromatic ring is 1. The third-order valence-electron chi connectivity index (χ3n) is 1.18. The number of benzene rings is 1. The number of halogens is 2. The molecule has 0 atom stereocenters. The first-order valence-electron chi connectivity index (χ1n) is 3.40. The van der Waals surface area contributed by atoms with Gasteiger partial charge in [-0.2, -0.15) is 8.78 Å². The monoisotopic (exact) mass is 173 g/mol. The van der Waals surface area contributed by atoms with Crippen LogP contribution in [0.1, 0.15) is 6.92 Å². The van der Waals surface area contributed by atoms with E-state index >= 15 is 0 Å². The second kappa shape index (κ2) is 2.97. The van der Waals surface area contributed by atoms with Crippen LogP contribution >= 0.6 is 0 Å². The summed E-state index contributed by atoms with van der Waals surface area (Å²) in [5.74, 6) is 0.108. The molecule has 2 N–H and O–H groups in total. The van der Waals surface area contributed by atoms with E-state index in [9.17, 15) is 8.78 Å². The Morgan fingerprint density at radius 1 is 1.25 bits per heavy atom. The predicted octanol–water partition coefficient (Wildman–Crippen LogP) is 2.26. The van der Waals surface area contributed by atoms with Crippen LogP contribution in [-0.2, 0) is 0 Å². The highest BCUT2D eigenvalue weighted by molar-refractivity contribution is 5.41. The predicted molar refractivity (Wildman–Crippen MR) is 42.1 cm³/mol. The molecule has 66 valence electrons. The summed E-state index contributed by atoms with van der Waals surface area (Å²) in [5, 5.41) is 0. The fourth-order valence-electron chi connectivity index (χ4n) is 0.743. The van der Waals surface area contributed by atoms with Crippen LogP contribution in [0.25, 0.3) is 0 Å². The Hall–Kier alpha value is -1.32. The van der Waals surface area contributed by atoms with Crippen LogP contribution in [0.15, 0.2) is 24.3 Å². The van der Waals surface area contributed by atoms with E-state index in [-0.39, 0.29) is 5.75 Å². The highest BCUT2D eigenvalue weighted by Crippen LogP contribution is 2.21. The molecule has 1 rings (SSSR count). The minimum atomic E-state index is -3.14. The number of rotatable bonds is 2. The van der Waals surface area contributed by atoms with Crippen molar-refractivity contribution in [3.63, 3.8) is 0 Å². The Kier molecular flexibility index (Phi) is 2.17. The van der Waals surface area contributed by atoms with Gasteiger partial charge in [0.2, 0.25) is 0 Å². The highest BCUT2D eigenvalue weighted by Gasteiger charge is 2.22. The summed E-state index contributed by atoms with van der Waals surface area (Å²) in [5.41, 5.74) is 5.86. The minimum absolute atomic E-state index is 0.108. The molecule has 0 aliphatic carbocycles. The lowest BCUT2D eigenvalue weighted by Gasteiger charge is -2.12. The third kappa shape index (κ3) is 2.74. The van der Waals surface area contributed by atoms with Gasteiger partial charge in [-0.15, -0.1) is 0 Å². The molecular formula is C8H9F2NO. The smallest absolute Gasteiger partial charge is 0.394 e. The Balaban J connectivity index is 2.71. The topological polar surface area (TPSA) is 35.2 Å². The van der Waals surface area contributed by atoms with Gasteiger partial charge in [-0.25, -0.2) is 0 Å². The number of anilines is 1. The second-order valence-corrected chi connectivity index (χ2v) is 2.48. The van der Waals surface area contributed by atoms with Crippen molar-refractivity contribution in [2.45, 2.75) is 13.0 Å². The van der Waals surface area contributed by atoms with Crippen LogP contribution in [0.2, 0.25) is 0 Å². The Morgan fingerprint density at radius 2 is 1.75 bits per heavy atom. The first-order chi connectivity index (χ1) is 5.47. The first-order valence-corrected chi connectivity index (χ1v) is 3.40. The molecule has 0 heterocycles. The Morgan fingerprint density at radius 3 is 2.17 bits per heavy atom. The fraction of sp³-hybridized carbons (Fsp3) is 0.250. The van der Waals surface area contributed by atoms with E-state index in [2.05, 4.69) is 4.74 Å². The maximum absolute atomic E-state index is 12.3. The highest BCUT2D eigenvalue weighted by atomic mass is 19.3. The molecule has 2 nitrogen and oxygen atoms in total. The summed E-state index contributed by atoms with van der Waals surface area (Å²) in [6.07, 6.45) is -3.14. The van der Waals surface area contributed by atoms with E-state index in [1.165, 1.54) is 24.3 Å². The van der Waals surface area contributed by atoms with E-state index in [1.807, 2.05) is 0 Å². The number of alkyl halides is 2. The third-order valence-corrected chi connectivity index (χ3v) is 1.18. The quantitative estimate of drug-likeness (QED) is 0.696. The van der Waals surface area contributed by atoms with Crippen LogP contribution in [-0.4, -0.2) is 6.11 Å². The van der Waals surface area contributed by atoms with Gasteiger partial charge in [0.15, 0.2) is 0 Å². The molecule has 1 aromatic rings. The molecule has 0 unspecified atom stereocenters. The maximum Gasteiger partial charge on any atom is 0.394 e.